The summed E-state index contributed by atoms with van der Waals surface area (Å²) in [6, 6.07) is 10.3. The minimum Gasteiger partial charge on any atom is -0.469 e. The van der Waals surface area contributed by atoms with Crippen LogP contribution in [0, 0.1) is 12.8 Å². The summed E-state index contributed by atoms with van der Waals surface area (Å²) < 4.78 is 4.78. The van der Waals surface area contributed by atoms with Gasteiger partial charge in [-0.3, -0.25) is 9.78 Å². The van der Waals surface area contributed by atoms with Gasteiger partial charge in [0.15, 0.2) is 0 Å². The van der Waals surface area contributed by atoms with Gasteiger partial charge in [0.2, 0.25) is 0 Å². The van der Waals surface area contributed by atoms with Crippen molar-refractivity contribution in [3.63, 3.8) is 0 Å². The van der Waals surface area contributed by atoms with E-state index in [0.29, 0.717) is 6.54 Å². The van der Waals surface area contributed by atoms with Crippen LogP contribution in [0.3, 0.4) is 0 Å². The van der Waals surface area contributed by atoms with Crippen molar-refractivity contribution in [3.8, 4) is 0 Å². The number of hydrogen-bond acceptors (Lipinski definition) is 4. The molecular weight excluding hydrogens is 264 g/mol. The van der Waals surface area contributed by atoms with Gasteiger partial charge in [0, 0.05) is 24.2 Å². The zero-order valence-corrected chi connectivity index (χ0v) is 13.1. The Morgan fingerprint density at radius 1 is 1.38 bits per heavy atom. The number of carbonyl (C=O) groups is 1. The normalized spacial score (nSPS) is 12.6. The van der Waals surface area contributed by atoms with Crippen LogP contribution in [0.25, 0.3) is 10.9 Å². The van der Waals surface area contributed by atoms with Crippen LogP contribution in [0.15, 0.2) is 30.3 Å². The lowest BCUT2D eigenvalue weighted by Gasteiger charge is -2.21. The van der Waals surface area contributed by atoms with Gasteiger partial charge in [-0.15, -0.1) is 0 Å². The van der Waals surface area contributed by atoms with Gasteiger partial charge in [-0.25, -0.2) is 0 Å². The number of rotatable bonds is 5. The van der Waals surface area contributed by atoms with E-state index in [2.05, 4.69) is 22.0 Å². The van der Waals surface area contributed by atoms with Crippen LogP contribution in [0.1, 0.15) is 18.2 Å². The molecule has 0 aliphatic rings. The van der Waals surface area contributed by atoms with Gasteiger partial charge in [0.05, 0.1) is 18.5 Å². The van der Waals surface area contributed by atoms with E-state index in [4.69, 9.17) is 4.74 Å². The first-order chi connectivity index (χ1) is 10.0. The summed E-state index contributed by atoms with van der Waals surface area (Å²) in [5, 5.41) is 1.17. The Kier molecular flexibility index (Phi) is 4.91. The molecule has 112 valence electrons. The van der Waals surface area contributed by atoms with Crippen LogP contribution in [-0.2, 0) is 16.1 Å². The predicted octanol–water partition coefficient (Wildman–Crippen LogP) is 2.78. The highest BCUT2D eigenvalue weighted by molar-refractivity contribution is 5.82. The third-order valence-corrected chi connectivity index (χ3v) is 3.56. The van der Waals surface area contributed by atoms with Crippen LogP contribution >= 0.6 is 0 Å². The highest BCUT2D eigenvalue weighted by Gasteiger charge is 2.16. The van der Waals surface area contributed by atoms with E-state index >= 15 is 0 Å². The molecule has 1 atom stereocenters. The first-order valence-corrected chi connectivity index (χ1v) is 7.13. The highest BCUT2D eigenvalue weighted by atomic mass is 16.5. The van der Waals surface area contributed by atoms with Crippen molar-refractivity contribution in [2.24, 2.45) is 5.92 Å². The molecule has 0 saturated carbocycles. The van der Waals surface area contributed by atoms with E-state index in [9.17, 15) is 4.79 Å². The van der Waals surface area contributed by atoms with Gasteiger partial charge < -0.3 is 9.64 Å². The van der Waals surface area contributed by atoms with Crippen molar-refractivity contribution in [2.45, 2.75) is 20.4 Å². The summed E-state index contributed by atoms with van der Waals surface area (Å²) in [6.45, 7) is 5.35. The Bertz CT molecular complexity index is 640. The van der Waals surface area contributed by atoms with Gasteiger partial charge >= 0.3 is 5.97 Å². The number of benzene rings is 1. The molecule has 1 aromatic heterocycles. The molecule has 1 heterocycles. The monoisotopic (exact) mass is 286 g/mol. The van der Waals surface area contributed by atoms with Crippen molar-refractivity contribution in [1.82, 2.24) is 9.88 Å². The zero-order valence-electron chi connectivity index (χ0n) is 13.1. The van der Waals surface area contributed by atoms with Gasteiger partial charge in [-0.05, 0) is 31.7 Å². The Balaban J connectivity index is 2.17. The smallest absolute Gasteiger partial charge is 0.309 e. The fourth-order valence-corrected chi connectivity index (χ4v) is 2.62. The number of aromatic nitrogens is 1. The van der Waals surface area contributed by atoms with Crippen molar-refractivity contribution in [3.05, 3.63) is 41.6 Å². The first kappa shape index (κ1) is 15.4. The second-order valence-corrected chi connectivity index (χ2v) is 5.56. The molecule has 21 heavy (non-hydrogen) atoms. The summed E-state index contributed by atoms with van der Waals surface area (Å²) in [7, 11) is 3.45. The number of carbonyl (C=O) groups excluding carboxylic acids is 1. The summed E-state index contributed by atoms with van der Waals surface area (Å²) >= 11 is 0. The third kappa shape index (κ3) is 3.79. The Morgan fingerprint density at radius 3 is 2.81 bits per heavy atom. The minimum atomic E-state index is -0.169. The molecule has 0 saturated heterocycles. The molecule has 0 aliphatic carbocycles. The number of hydrogen-bond donors (Lipinski definition) is 0. The number of methoxy groups -OCH3 is 1. The molecule has 1 unspecified atom stereocenters. The highest BCUT2D eigenvalue weighted by Crippen LogP contribution is 2.19. The summed E-state index contributed by atoms with van der Waals surface area (Å²) in [5.74, 6) is -0.299. The van der Waals surface area contributed by atoms with Crippen LogP contribution in [-0.4, -0.2) is 36.6 Å². The van der Waals surface area contributed by atoms with Crippen molar-refractivity contribution >= 4 is 16.9 Å². The molecule has 4 heteroatoms. The molecule has 0 amide bonds. The van der Waals surface area contributed by atoms with Crippen LogP contribution in [0.4, 0.5) is 0 Å². The van der Waals surface area contributed by atoms with E-state index in [1.807, 2.05) is 39.1 Å². The zero-order chi connectivity index (χ0) is 15.4. The van der Waals surface area contributed by atoms with Gasteiger partial charge in [0.25, 0.3) is 0 Å². The molecule has 0 radical (unpaired) electrons. The molecule has 0 aliphatic heterocycles. The number of pyridine rings is 1. The summed E-state index contributed by atoms with van der Waals surface area (Å²) in [6.07, 6.45) is 0. The van der Waals surface area contributed by atoms with E-state index in [1.165, 1.54) is 18.1 Å². The maximum absolute atomic E-state index is 11.5. The standard InChI is InChI=1S/C17H22N2O2/c1-12(17(20)21-4)10-19(3)11-14-9-13(2)18-16-8-6-5-7-15(14)16/h5-9,12H,10-11H2,1-4H3. The molecule has 0 N–H and O–H groups in total. The van der Waals surface area contributed by atoms with Crippen molar-refractivity contribution in [2.75, 3.05) is 20.7 Å². The average molecular weight is 286 g/mol. The second kappa shape index (κ2) is 6.68. The fourth-order valence-electron chi connectivity index (χ4n) is 2.62. The Morgan fingerprint density at radius 2 is 2.10 bits per heavy atom. The second-order valence-electron chi connectivity index (χ2n) is 5.56. The van der Waals surface area contributed by atoms with Crippen LogP contribution in [0.5, 0.6) is 0 Å². The van der Waals surface area contributed by atoms with Crippen molar-refractivity contribution < 1.29 is 9.53 Å². The predicted molar refractivity (Wildman–Crippen MR) is 84.0 cm³/mol. The number of esters is 1. The largest absolute Gasteiger partial charge is 0.469 e. The van der Waals surface area contributed by atoms with Gasteiger partial charge in [-0.1, -0.05) is 25.1 Å². The van der Waals surface area contributed by atoms with Gasteiger partial charge in [0.1, 0.15) is 0 Å². The number of ether oxygens (including phenoxy) is 1. The van der Waals surface area contributed by atoms with Crippen LogP contribution in [0.2, 0.25) is 0 Å². The minimum absolute atomic E-state index is 0.130. The maximum atomic E-state index is 11.5. The summed E-state index contributed by atoms with van der Waals surface area (Å²) in [5.41, 5.74) is 3.26. The quantitative estimate of drug-likeness (QED) is 0.793. The Labute approximate surface area is 125 Å². The lowest BCUT2D eigenvalue weighted by atomic mass is 10.1. The van der Waals surface area contributed by atoms with Crippen molar-refractivity contribution in [1.29, 1.82) is 0 Å². The van der Waals surface area contributed by atoms with E-state index < -0.39 is 0 Å². The fraction of sp³-hybridized carbons (Fsp3) is 0.412. The third-order valence-electron chi connectivity index (χ3n) is 3.56. The van der Waals surface area contributed by atoms with E-state index in [0.717, 1.165) is 17.8 Å². The summed E-state index contributed by atoms with van der Waals surface area (Å²) in [4.78, 5) is 18.2. The lowest BCUT2D eigenvalue weighted by Crippen LogP contribution is -2.29. The molecule has 0 fully saturated rings. The van der Waals surface area contributed by atoms with Crippen LogP contribution < -0.4 is 0 Å². The number of fused-ring (bicyclic) bond motifs is 1. The molecule has 1 aromatic carbocycles. The molecule has 0 bridgehead atoms. The van der Waals surface area contributed by atoms with E-state index in [-0.39, 0.29) is 11.9 Å². The SMILES string of the molecule is COC(=O)C(C)CN(C)Cc1cc(C)nc2ccccc12. The number of para-hydroxylation sites is 1. The lowest BCUT2D eigenvalue weighted by molar-refractivity contribution is -0.145. The first-order valence-electron chi connectivity index (χ1n) is 7.13. The maximum Gasteiger partial charge on any atom is 0.309 e. The van der Waals surface area contributed by atoms with Gasteiger partial charge in [-0.2, -0.15) is 0 Å². The number of nitrogens with zero attached hydrogens (tertiary/aromatic N) is 2. The number of aryl methyl sites for hydroxylation is 1. The topological polar surface area (TPSA) is 42.4 Å². The molecule has 2 aromatic rings. The molecule has 4 nitrogen and oxygen atoms in total. The van der Waals surface area contributed by atoms with E-state index in [1.54, 1.807) is 0 Å². The Hall–Kier alpha value is -1.94. The molecule has 2 rings (SSSR count). The molecule has 0 spiro atoms. The molecular formula is C17H22N2O2. The average Bonchev–Trinajstić information content (AvgIpc) is 2.45.